The van der Waals surface area contributed by atoms with E-state index in [9.17, 15) is 9.59 Å². The topological polar surface area (TPSA) is 96.5 Å². The molecule has 1 amide bonds. The number of nitrogens with zero attached hydrogens (tertiary/aromatic N) is 3. The Bertz CT molecular complexity index is 740. The van der Waals surface area contributed by atoms with Crippen LogP contribution in [0.4, 0.5) is 0 Å². The van der Waals surface area contributed by atoms with Gasteiger partial charge in [-0.3, -0.25) is 9.59 Å². The van der Waals surface area contributed by atoms with Crippen LogP contribution < -0.4 is 0 Å². The molecule has 1 fully saturated rings. The summed E-state index contributed by atoms with van der Waals surface area (Å²) in [6, 6.07) is 7.08. The van der Waals surface area contributed by atoms with Crippen molar-refractivity contribution in [1.29, 1.82) is 0 Å². The van der Waals surface area contributed by atoms with E-state index in [1.165, 1.54) is 4.90 Å². The van der Waals surface area contributed by atoms with E-state index in [4.69, 9.17) is 21.2 Å². The molecule has 1 saturated carbocycles. The van der Waals surface area contributed by atoms with Gasteiger partial charge in [0.1, 0.15) is 6.54 Å². The minimum absolute atomic E-state index is 0.0564. The number of hydrogen-bond donors (Lipinski definition) is 1. The standard InChI is InChI=1S/C16H16ClN3O4/c17-11-3-1-10(2-4-11)16-18-13(24-19-16)7-8-14(21)20(9-15(22)23)12-5-6-12/h1-4,12H,5-9H2,(H,22,23). The number of aliphatic carboxylic acids is 1. The molecule has 0 radical (unpaired) electrons. The SMILES string of the molecule is O=C(O)CN(C(=O)CCc1nc(-c2ccc(Cl)cc2)no1)C1CC1. The highest BCUT2D eigenvalue weighted by molar-refractivity contribution is 6.30. The lowest BCUT2D eigenvalue weighted by Crippen LogP contribution is -2.37. The number of carboxylic acid groups (broad SMARTS) is 1. The summed E-state index contributed by atoms with van der Waals surface area (Å²) in [6.07, 6.45) is 2.15. The molecule has 0 unspecified atom stereocenters. The molecule has 1 aliphatic rings. The quantitative estimate of drug-likeness (QED) is 0.824. The Morgan fingerprint density at radius 3 is 2.62 bits per heavy atom. The van der Waals surface area contributed by atoms with Crippen molar-refractivity contribution in [3.8, 4) is 11.4 Å². The normalized spacial score (nSPS) is 13.7. The second-order valence-electron chi connectivity index (χ2n) is 5.67. The summed E-state index contributed by atoms with van der Waals surface area (Å²) in [5.41, 5.74) is 0.770. The number of hydrogen-bond acceptors (Lipinski definition) is 5. The monoisotopic (exact) mass is 349 g/mol. The van der Waals surface area contributed by atoms with E-state index in [0.717, 1.165) is 18.4 Å². The Kier molecular flexibility index (Phi) is 4.80. The molecule has 1 aromatic heterocycles. The fourth-order valence-corrected chi connectivity index (χ4v) is 2.51. The zero-order valence-electron chi connectivity index (χ0n) is 12.8. The van der Waals surface area contributed by atoms with Crippen LogP contribution in [0.15, 0.2) is 28.8 Å². The van der Waals surface area contributed by atoms with Crippen LogP contribution in [0.5, 0.6) is 0 Å². The van der Waals surface area contributed by atoms with Gasteiger partial charge in [-0.2, -0.15) is 4.98 Å². The third kappa shape index (κ3) is 4.11. The van der Waals surface area contributed by atoms with Gasteiger partial charge in [0.05, 0.1) is 0 Å². The highest BCUT2D eigenvalue weighted by Crippen LogP contribution is 2.27. The number of aryl methyl sites for hydroxylation is 1. The van der Waals surface area contributed by atoms with Crippen molar-refractivity contribution in [3.63, 3.8) is 0 Å². The molecular formula is C16H16ClN3O4. The molecule has 1 N–H and O–H groups in total. The van der Waals surface area contributed by atoms with Gasteiger partial charge in [0.2, 0.25) is 17.6 Å². The molecule has 3 rings (SSSR count). The van der Waals surface area contributed by atoms with Gasteiger partial charge in [0.25, 0.3) is 0 Å². The molecule has 8 heteroatoms. The summed E-state index contributed by atoms with van der Waals surface area (Å²) in [6.45, 7) is -0.261. The van der Waals surface area contributed by atoms with Crippen LogP contribution >= 0.6 is 11.6 Å². The second-order valence-corrected chi connectivity index (χ2v) is 6.10. The van der Waals surface area contributed by atoms with Crippen molar-refractivity contribution in [3.05, 3.63) is 35.2 Å². The number of benzene rings is 1. The van der Waals surface area contributed by atoms with Crippen LogP contribution in [0.2, 0.25) is 5.02 Å². The third-order valence-electron chi connectivity index (χ3n) is 3.74. The minimum Gasteiger partial charge on any atom is -0.480 e. The van der Waals surface area contributed by atoms with Crippen LogP contribution in [0, 0.1) is 0 Å². The van der Waals surface area contributed by atoms with Crippen molar-refractivity contribution in [2.24, 2.45) is 0 Å². The van der Waals surface area contributed by atoms with Crippen molar-refractivity contribution < 1.29 is 19.2 Å². The minimum atomic E-state index is -1.00. The molecule has 2 aromatic rings. The van der Waals surface area contributed by atoms with Crippen molar-refractivity contribution >= 4 is 23.5 Å². The molecule has 1 heterocycles. The lowest BCUT2D eigenvalue weighted by atomic mass is 10.2. The van der Waals surface area contributed by atoms with Crippen molar-refractivity contribution in [1.82, 2.24) is 15.0 Å². The highest BCUT2D eigenvalue weighted by atomic mass is 35.5. The predicted molar refractivity (Wildman–Crippen MR) is 85.4 cm³/mol. The summed E-state index contributed by atoms with van der Waals surface area (Å²) in [5, 5.41) is 13.4. The van der Waals surface area contributed by atoms with Crippen LogP contribution in [0.25, 0.3) is 11.4 Å². The molecule has 0 aliphatic heterocycles. The number of rotatable bonds is 7. The van der Waals surface area contributed by atoms with Crippen LogP contribution in [0.1, 0.15) is 25.2 Å². The Labute approximate surface area is 143 Å². The Balaban J connectivity index is 1.59. The fraction of sp³-hybridized carbons (Fsp3) is 0.375. The van der Waals surface area contributed by atoms with Crippen LogP contribution in [0.3, 0.4) is 0 Å². The van der Waals surface area contributed by atoms with Gasteiger partial charge in [-0.25, -0.2) is 0 Å². The first-order valence-electron chi connectivity index (χ1n) is 7.62. The van der Waals surface area contributed by atoms with E-state index >= 15 is 0 Å². The van der Waals surface area contributed by atoms with E-state index in [2.05, 4.69) is 10.1 Å². The van der Waals surface area contributed by atoms with E-state index in [-0.39, 0.29) is 31.3 Å². The molecule has 7 nitrogen and oxygen atoms in total. The maximum absolute atomic E-state index is 12.2. The summed E-state index contributed by atoms with van der Waals surface area (Å²) in [5.74, 6) is -0.428. The Morgan fingerprint density at radius 1 is 1.29 bits per heavy atom. The average molecular weight is 350 g/mol. The van der Waals surface area contributed by atoms with Gasteiger partial charge in [-0.1, -0.05) is 16.8 Å². The summed E-state index contributed by atoms with van der Waals surface area (Å²) in [7, 11) is 0. The number of carbonyl (C=O) groups excluding carboxylic acids is 1. The van der Waals surface area contributed by atoms with Crippen molar-refractivity contribution in [2.75, 3.05) is 6.54 Å². The summed E-state index contributed by atoms with van der Waals surface area (Å²) in [4.78, 5) is 28.7. The van der Waals surface area contributed by atoms with Crippen LogP contribution in [-0.4, -0.2) is 44.6 Å². The number of aromatic nitrogens is 2. The second kappa shape index (κ2) is 7.00. The molecule has 0 spiro atoms. The Hall–Kier alpha value is -2.41. The lowest BCUT2D eigenvalue weighted by Gasteiger charge is -2.19. The number of carboxylic acids is 1. The smallest absolute Gasteiger partial charge is 0.323 e. The molecule has 1 aromatic carbocycles. The highest BCUT2D eigenvalue weighted by Gasteiger charge is 2.33. The number of carbonyl (C=O) groups is 2. The van der Waals surface area contributed by atoms with Gasteiger partial charge in [-0.15, -0.1) is 0 Å². The first-order chi connectivity index (χ1) is 11.5. The van der Waals surface area contributed by atoms with E-state index in [1.807, 2.05) is 0 Å². The van der Waals surface area contributed by atoms with E-state index in [0.29, 0.717) is 16.7 Å². The zero-order chi connectivity index (χ0) is 17.1. The molecule has 24 heavy (non-hydrogen) atoms. The first-order valence-corrected chi connectivity index (χ1v) is 8.00. The summed E-state index contributed by atoms with van der Waals surface area (Å²) < 4.78 is 5.16. The first kappa shape index (κ1) is 16.4. The van der Waals surface area contributed by atoms with Crippen molar-refractivity contribution in [2.45, 2.75) is 31.7 Å². The maximum atomic E-state index is 12.2. The fourth-order valence-electron chi connectivity index (χ4n) is 2.38. The zero-order valence-corrected chi connectivity index (χ0v) is 13.6. The van der Waals surface area contributed by atoms with Crippen LogP contribution in [-0.2, 0) is 16.0 Å². The predicted octanol–water partition coefficient (Wildman–Crippen LogP) is 2.40. The third-order valence-corrected chi connectivity index (χ3v) is 3.99. The average Bonchev–Trinajstić information content (AvgIpc) is 3.29. The van der Waals surface area contributed by atoms with Gasteiger partial charge >= 0.3 is 5.97 Å². The maximum Gasteiger partial charge on any atom is 0.323 e. The van der Waals surface area contributed by atoms with E-state index in [1.54, 1.807) is 24.3 Å². The van der Waals surface area contributed by atoms with Gasteiger partial charge in [0.15, 0.2) is 0 Å². The van der Waals surface area contributed by atoms with E-state index < -0.39 is 5.97 Å². The summed E-state index contributed by atoms with van der Waals surface area (Å²) >= 11 is 5.84. The van der Waals surface area contributed by atoms with Gasteiger partial charge in [-0.05, 0) is 37.1 Å². The molecule has 0 saturated heterocycles. The van der Waals surface area contributed by atoms with Gasteiger partial charge in [0, 0.05) is 29.5 Å². The van der Waals surface area contributed by atoms with Gasteiger partial charge < -0.3 is 14.5 Å². The molecule has 0 bridgehead atoms. The number of amides is 1. The lowest BCUT2D eigenvalue weighted by molar-refractivity contribution is -0.144. The molecule has 126 valence electrons. The molecular weight excluding hydrogens is 334 g/mol. The molecule has 1 aliphatic carbocycles. The number of halogens is 1. The Morgan fingerprint density at radius 2 is 2.00 bits per heavy atom. The largest absolute Gasteiger partial charge is 0.480 e. The molecule has 0 atom stereocenters.